The van der Waals surface area contributed by atoms with Crippen LogP contribution in [0.3, 0.4) is 0 Å². The zero-order valence-corrected chi connectivity index (χ0v) is 15.4. The number of amides is 1. The van der Waals surface area contributed by atoms with Gasteiger partial charge in [-0.15, -0.1) is 0 Å². The molecule has 0 aliphatic heterocycles. The summed E-state index contributed by atoms with van der Waals surface area (Å²) in [7, 11) is 3.06. The summed E-state index contributed by atoms with van der Waals surface area (Å²) < 4.78 is 15.9. The highest BCUT2D eigenvalue weighted by Gasteiger charge is 2.42. The van der Waals surface area contributed by atoms with E-state index in [2.05, 4.69) is 12.2 Å². The number of carbonyl (C=O) groups excluding carboxylic acids is 2. The monoisotopic (exact) mass is 349 g/mol. The van der Waals surface area contributed by atoms with Crippen LogP contribution in [0, 0.1) is 5.92 Å². The average Bonchev–Trinajstić information content (AvgIpc) is 2.61. The third kappa shape index (κ3) is 4.31. The molecule has 6 heteroatoms. The molecule has 1 aliphatic carbocycles. The number of hydrogen-bond acceptors (Lipinski definition) is 5. The van der Waals surface area contributed by atoms with Crippen LogP contribution in [0.2, 0.25) is 0 Å². The number of rotatable bonds is 6. The van der Waals surface area contributed by atoms with Gasteiger partial charge in [-0.05, 0) is 50.3 Å². The summed E-state index contributed by atoms with van der Waals surface area (Å²) in [4.78, 5) is 24.9. The second-order valence-corrected chi connectivity index (χ2v) is 6.49. The lowest BCUT2D eigenvalue weighted by Gasteiger charge is -2.37. The Balaban J connectivity index is 2.22. The molecule has 0 radical (unpaired) electrons. The normalized spacial score (nSPS) is 23.0. The SMILES string of the molecule is CCOC(=O)c1cc(NC(=O)[C@@]2(OC)CCC[C@@H](C)C2)ccc1OC. The maximum Gasteiger partial charge on any atom is 0.341 e. The Kier molecular flexibility index (Phi) is 6.42. The van der Waals surface area contributed by atoms with Gasteiger partial charge in [-0.25, -0.2) is 4.79 Å². The van der Waals surface area contributed by atoms with Crippen molar-refractivity contribution in [2.45, 2.75) is 45.1 Å². The summed E-state index contributed by atoms with van der Waals surface area (Å²) in [5.41, 5.74) is -0.0176. The highest BCUT2D eigenvalue weighted by molar-refractivity contribution is 5.99. The van der Waals surface area contributed by atoms with Crippen molar-refractivity contribution in [1.29, 1.82) is 0 Å². The second-order valence-electron chi connectivity index (χ2n) is 6.49. The van der Waals surface area contributed by atoms with Crippen molar-refractivity contribution in [3.05, 3.63) is 23.8 Å². The lowest BCUT2D eigenvalue weighted by atomic mass is 9.78. The number of anilines is 1. The minimum absolute atomic E-state index is 0.179. The summed E-state index contributed by atoms with van der Waals surface area (Å²) in [5.74, 6) is 0.180. The van der Waals surface area contributed by atoms with E-state index >= 15 is 0 Å². The molecule has 1 saturated carbocycles. The van der Waals surface area contributed by atoms with Crippen molar-refractivity contribution in [1.82, 2.24) is 0 Å². The number of nitrogens with one attached hydrogen (secondary N) is 1. The van der Waals surface area contributed by atoms with E-state index in [0.717, 1.165) is 12.8 Å². The minimum atomic E-state index is -0.818. The highest BCUT2D eigenvalue weighted by Crippen LogP contribution is 2.36. The molecule has 1 fully saturated rings. The zero-order chi connectivity index (χ0) is 18.4. The molecule has 1 aliphatic rings. The molecule has 1 aromatic carbocycles. The molecule has 1 aromatic rings. The van der Waals surface area contributed by atoms with E-state index in [1.807, 2.05) is 0 Å². The van der Waals surface area contributed by atoms with Crippen LogP contribution in [0.5, 0.6) is 5.75 Å². The van der Waals surface area contributed by atoms with Gasteiger partial charge in [-0.1, -0.05) is 13.3 Å². The van der Waals surface area contributed by atoms with Gasteiger partial charge in [-0.3, -0.25) is 4.79 Å². The van der Waals surface area contributed by atoms with Crippen LogP contribution >= 0.6 is 0 Å². The first kappa shape index (κ1) is 19.2. The van der Waals surface area contributed by atoms with Gasteiger partial charge in [-0.2, -0.15) is 0 Å². The number of hydrogen-bond donors (Lipinski definition) is 1. The van der Waals surface area contributed by atoms with E-state index in [1.165, 1.54) is 7.11 Å². The number of ether oxygens (including phenoxy) is 3. The molecule has 25 heavy (non-hydrogen) atoms. The van der Waals surface area contributed by atoms with Crippen LogP contribution in [0.4, 0.5) is 5.69 Å². The third-order valence-corrected chi connectivity index (χ3v) is 4.71. The largest absolute Gasteiger partial charge is 0.496 e. The van der Waals surface area contributed by atoms with Crippen molar-refractivity contribution >= 4 is 17.6 Å². The van der Waals surface area contributed by atoms with E-state index in [1.54, 1.807) is 32.2 Å². The first-order valence-electron chi connectivity index (χ1n) is 8.67. The molecule has 0 saturated heterocycles. The summed E-state index contributed by atoms with van der Waals surface area (Å²) >= 11 is 0. The lowest BCUT2D eigenvalue weighted by Crippen LogP contribution is -2.47. The maximum atomic E-state index is 12.8. The minimum Gasteiger partial charge on any atom is -0.496 e. The van der Waals surface area contributed by atoms with Gasteiger partial charge >= 0.3 is 5.97 Å². The van der Waals surface area contributed by atoms with Crippen LogP contribution in [0.15, 0.2) is 18.2 Å². The second kappa shape index (κ2) is 8.34. The summed E-state index contributed by atoms with van der Waals surface area (Å²) in [5, 5.41) is 2.89. The molecule has 0 spiro atoms. The van der Waals surface area contributed by atoms with Crippen LogP contribution in [0.1, 0.15) is 49.9 Å². The van der Waals surface area contributed by atoms with Gasteiger partial charge in [0.25, 0.3) is 5.91 Å². The fourth-order valence-electron chi connectivity index (χ4n) is 3.39. The molecule has 0 bridgehead atoms. The fourth-order valence-corrected chi connectivity index (χ4v) is 3.39. The molecule has 0 unspecified atom stereocenters. The topological polar surface area (TPSA) is 73.9 Å². The third-order valence-electron chi connectivity index (χ3n) is 4.71. The predicted octanol–water partition coefficient (Wildman–Crippen LogP) is 3.41. The van der Waals surface area contributed by atoms with Gasteiger partial charge in [0.2, 0.25) is 0 Å². The molecule has 2 atom stereocenters. The zero-order valence-electron chi connectivity index (χ0n) is 15.4. The standard InChI is InChI=1S/C19H27NO5/c1-5-25-17(21)15-11-14(8-9-16(15)23-3)20-18(22)19(24-4)10-6-7-13(2)12-19/h8-9,11,13H,5-7,10,12H2,1-4H3,(H,20,22)/t13-,19-/m1/s1. The Bertz CT molecular complexity index is 630. The molecular weight excluding hydrogens is 322 g/mol. The Morgan fingerprint density at radius 1 is 1.32 bits per heavy atom. The quantitative estimate of drug-likeness (QED) is 0.797. The summed E-state index contributed by atoms with van der Waals surface area (Å²) in [6, 6.07) is 4.92. The Morgan fingerprint density at radius 2 is 2.08 bits per heavy atom. The molecule has 1 N–H and O–H groups in total. The predicted molar refractivity (Wildman–Crippen MR) is 95.0 cm³/mol. The van der Waals surface area contributed by atoms with Crippen LogP contribution < -0.4 is 10.1 Å². The first-order valence-corrected chi connectivity index (χ1v) is 8.67. The average molecular weight is 349 g/mol. The number of methoxy groups -OCH3 is 2. The van der Waals surface area contributed by atoms with E-state index in [9.17, 15) is 9.59 Å². The van der Waals surface area contributed by atoms with Gasteiger partial charge in [0.1, 0.15) is 16.9 Å². The van der Waals surface area contributed by atoms with Crippen LogP contribution in [0.25, 0.3) is 0 Å². The highest BCUT2D eigenvalue weighted by atomic mass is 16.5. The molecule has 0 heterocycles. The van der Waals surface area contributed by atoms with E-state index in [4.69, 9.17) is 14.2 Å². The van der Waals surface area contributed by atoms with E-state index in [-0.39, 0.29) is 18.1 Å². The molecule has 1 amide bonds. The smallest absolute Gasteiger partial charge is 0.341 e. The van der Waals surface area contributed by atoms with Crippen molar-refractivity contribution in [3.8, 4) is 5.75 Å². The Labute approximate surface area is 148 Å². The van der Waals surface area contributed by atoms with Crippen LogP contribution in [-0.2, 0) is 14.3 Å². The van der Waals surface area contributed by atoms with Gasteiger partial charge < -0.3 is 19.5 Å². The van der Waals surface area contributed by atoms with Gasteiger partial charge in [0, 0.05) is 12.8 Å². The molecule has 138 valence electrons. The maximum absolute atomic E-state index is 12.8. The number of carbonyl (C=O) groups is 2. The fraction of sp³-hybridized carbons (Fsp3) is 0.579. The van der Waals surface area contributed by atoms with Crippen molar-refractivity contribution in [3.63, 3.8) is 0 Å². The summed E-state index contributed by atoms with van der Waals surface area (Å²) in [6.07, 6.45) is 3.45. The van der Waals surface area contributed by atoms with Crippen molar-refractivity contribution in [2.24, 2.45) is 5.92 Å². The molecule has 2 rings (SSSR count). The van der Waals surface area contributed by atoms with Gasteiger partial charge in [0.05, 0.1) is 13.7 Å². The van der Waals surface area contributed by atoms with Gasteiger partial charge in [0.15, 0.2) is 0 Å². The number of esters is 1. The Hall–Kier alpha value is -2.08. The van der Waals surface area contributed by atoms with Crippen LogP contribution in [-0.4, -0.2) is 38.3 Å². The summed E-state index contributed by atoms with van der Waals surface area (Å²) in [6.45, 7) is 4.14. The molecule has 0 aromatic heterocycles. The van der Waals surface area contributed by atoms with Crippen molar-refractivity contribution in [2.75, 3.05) is 26.1 Å². The number of benzene rings is 1. The van der Waals surface area contributed by atoms with Crippen molar-refractivity contribution < 1.29 is 23.8 Å². The first-order chi connectivity index (χ1) is 12.0. The van der Waals surface area contributed by atoms with E-state index < -0.39 is 11.6 Å². The molecule has 6 nitrogen and oxygen atoms in total. The van der Waals surface area contributed by atoms with E-state index in [0.29, 0.717) is 30.2 Å². The Morgan fingerprint density at radius 3 is 2.68 bits per heavy atom. The lowest BCUT2D eigenvalue weighted by molar-refractivity contribution is -0.143. The molecular formula is C19H27NO5.